The third kappa shape index (κ3) is 2.98. The van der Waals surface area contributed by atoms with Crippen molar-refractivity contribution in [2.75, 3.05) is 0 Å². The van der Waals surface area contributed by atoms with E-state index in [1.165, 1.54) is 24.3 Å². The molecule has 0 aliphatic rings. The van der Waals surface area contributed by atoms with E-state index >= 15 is 0 Å². The van der Waals surface area contributed by atoms with Gasteiger partial charge in [0.1, 0.15) is 0 Å². The second kappa shape index (κ2) is 6.29. The molecule has 0 radical (unpaired) electrons. The maximum absolute atomic E-state index is 11.1. The molecule has 6 heteroatoms. The molecule has 0 atom stereocenters. The molecular weight excluding hydrogens is 308 g/mol. The molecule has 0 heterocycles. The van der Waals surface area contributed by atoms with Crippen LogP contribution in [0.25, 0.3) is 22.3 Å². The molecule has 0 bridgehead atoms. The summed E-state index contributed by atoms with van der Waals surface area (Å²) in [5, 5.41) is 21.9. The Balaban J connectivity index is 2.18. The van der Waals surface area contributed by atoms with Crippen molar-refractivity contribution in [2.24, 2.45) is 0 Å². The normalized spacial score (nSPS) is 10.3. The largest absolute Gasteiger partial charge is 0.270 e. The Hall–Kier alpha value is -3.54. The highest BCUT2D eigenvalue weighted by Gasteiger charge is 2.14. The van der Waals surface area contributed by atoms with E-state index in [1.807, 2.05) is 30.3 Å². The number of nitrogens with zero attached hydrogens (tertiary/aromatic N) is 2. The van der Waals surface area contributed by atoms with Crippen LogP contribution in [0, 0.1) is 20.2 Å². The number of nitro groups is 2. The van der Waals surface area contributed by atoms with Crippen LogP contribution in [0.2, 0.25) is 0 Å². The van der Waals surface area contributed by atoms with Crippen molar-refractivity contribution in [3.05, 3.63) is 93.0 Å². The first-order valence-corrected chi connectivity index (χ1v) is 7.15. The van der Waals surface area contributed by atoms with Gasteiger partial charge in [0.2, 0.25) is 0 Å². The minimum absolute atomic E-state index is 0.0227. The number of non-ortho nitro benzene ring substituents is 2. The molecule has 0 aliphatic carbocycles. The minimum atomic E-state index is -0.477. The highest BCUT2D eigenvalue weighted by Crippen LogP contribution is 2.35. The van der Waals surface area contributed by atoms with Gasteiger partial charge in [0.25, 0.3) is 11.4 Å². The van der Waals surface area contributed by atoms with Gasteiger partial charge in [-0.2, -0.15) is 0 Å². The Labute approximate surface area is 137 Å². The summed E-state index contributed by atoms with van der Waals surface area (Å²) in [7, 11) is 0. The van der Waals surface area contributed by atoms with Crippen molar-refractivity contribution in [1.82, 2.24) is 0 Å². The van der Waals surface area contributed by atoms with Gasteiger partial charge in [-0.1, -0.05) is 30.3 Å². The summed E-state index contributed by atoms with van der Waals surface area (Å²) in [5.41, 5.74) is 3.04. The van der Waals surface area contributed by atoms with Crippen molar-refractivity contribution in [2.45, 2.75) is 0 Å². The van der Waals surface area contributed by atoms with Crippen LogP contribution in [0.1, 0.15) is 0 Å². The molecule has 0 N–H and O–H groups in total. The first-order valence-electron chi connectivity index (χ1n) is 7.15. The fourth-order valence-corrected chi connectivity index (χ4v) is 2.52. The third-order valence-electron chi connectivity index (χ3n) is 3.69. The van der Waals surface area contributed by atoms with Crippen molar-refractivity contribution in [1.29, 1.82) is 0 Å². The zero-order chi connectivity index (χ0) is 17.1. The van der Waals surface area contributed by atoms with E-state index in [9.17, 15) is 20.2 Å². The Bertz CT molecular complexity index is 906. The lowest BCUT2D eigenvalue weighted by molar-refractivity contribution is -0.384. The zero-order valence-corrected chi connectivity index (χ0v) is 12.5. The molecule has 24 heavy (non-hydrogen) atoms. The topological polar surface area (TPSA) is 86.3 Å². The number of hydrogen-bond acceptors (Lipinski definition) is 4. The van der Waals surface area contributed by atoms with Crippen LogP contribution >= 0.6 is 0 Å². The highest BCUT2D eigenvalue weighted by atomic mass is 16.6. The fraction of sp³-hybridized carbons (Fsp3) is 0. The van der Waals surface area contributed by atoms with E-state index in [0.717, 1.165) is 11.1 Å². The van der Waals surface area contributed by atoms with Gasteiger partial charge in [-0.3, -0.25) is 20.2 Å². The molecular formula is C18H12N2O4. The summed E-state index contributed by atoms with van der Waals surface area (Å²) >= 11 is 0. The summed E-state index contributed by atoms with van der Waals surface area (Å²) < 4.78 is 0. The van der Waals surface area contributed by atoms with Crippen LogP contribution in [-0.4, -0.2) is 9.85 Å². The van der Waals surface area contributed by atoms with Gasteiger partial charge in [-0.05, 0) is 40.5 Å². The number of nitro benzene ring substituents is 2. The maximum Gasteiger partial charge on any atom is 0.270 e. The van der Waals surface area contributed by atoms with Gasteiger partial charge in [0.15, 0.2) is 0 Å². The molecule has 0 spiro atoms. The van der Waals surface area contributed by atoms with E-state index in [0.29, 0.717) is 11.1 Å². The summed E-state index contributed by atoms with van der Waals surface area (Å²) in [6, 6.07) is 20.1. The van der Waals surface area contributed by atoms with Crippen LogP contribution in [0.4, 0.5) is 11.4 Å². The average Bonchev–Trinajstić information content (AvgIpc) is 2.62. The third-order valence-corrected chi connectivity index (χ3v) is 3.69. The van der Waals surface area contributed by atoms with Gasteiger partial charge in [-0.25, -0.2) is 0 Å². The average molecular weight is 320 g/mol. The Morgan fingerprint density at radius 3 is 1.71 bits per heavy atom. The van der Waals surface area contributed by atoms with Gasteiger partial charge in [0.05, 0.1) is 9.85 Å². The molecule has 0 unspecified atom stereocenters. The van der Waals surface area contributed by atoms with E-state index in [4.69, 9.17) is 0 Å². The van der Waals surface area contributed by atoms with Crippen molar-refractivity contribution in [3.8, 4) is 22.3 Å². The Morgan fingerprint density at radius 2 is 1.12 bits per heavy atom. The second-order valence-corrected chi connectivity index (χ2v) is 5.16. The summed E-state index contributed by atoms with van der Waals surface area (Å²) in [6.07, 6.45) is 0. The monoisotopic (exact) mass is 320 g/mol. The van der Waals surface area contributed by atoms with Crippen LogP contribution in [0.3, 0.4) is 0 Å². The quantitative estimate of drug-likeness (QED) is 0.508. The van der Waals surface area contributed by atoms with Gasteiger partial charge < -0.3 is 0 Å². The molecule has 3 aromatic carbocycles. The molecule has 3 aromatic rings. The SMILES string of the molecule is O=[N+]([O-])c1ccc(-c2cc([N+](=O)[O-])ccc2-c2ccccc2)cc1. The Kier molecular flexibility index (Phi) is 4.03. The highest BCUT2D eigenvalue weighted by molar-refractivity contribution is 5.85. The second-order valence-electron chi connectivity index (χ2n) is 5.16. The fourth-order valence-electron chi connectivity index (χ4n) is 2.52. The molecule has 0 saturated carbocycles. The van der Waals surface area contributed by atoms with Crippen molar-refractivity contribution in [3.63, 3.8) is 0 Å². The molecule has 3 rings (SSSR count). The molecule has 6 nitrogen and oxygen atoms in total. The summed E-state index contributed by atoms with van der Waals surface area (Å²) in [6.45, 7) is 0. The first-order chi connectivity index (χ1) is 11.6. The number of rotatable bonds is 4. The lowest BCUT2D eigenvalue weighted by atomic mass is 9.94. The van der Waals surface area contributed by atoms with Gasteiger partial charge >= 0.3 is 0 Å². The predicted molar refractivity (Wildman–Crippen MR) is 90.6 cm³/mol. The number of benzene rings is 3. The maximum atomic E-state index is 11.1. The Morgan fingerprint density at radius 1 is 0.583 bits per heavy atom. The van der Waals surface area contributed by atoms with Crippen LogP contribution in [0.15, 0.2) is 72.8 Å². The molecule has 118 valence electrons. The van der Waals surface area contributed by atoms with Crippen molar-refractivity contribution < 1.29 is 9.85 Å². The summed E-state index contributed by atoms with van der Waals surface area (Å²) in [5.74, 6) is 0. The molecule has 0 aliphatic heterocycles. The van der Waals surface area contributed by atoms with E-state index < -0.39 is 9.85 Å². The molecule has 0 aromatic heterocycles. The molecule has 0 saturated heterocycles. The van der Waals surface area contributed by atoms with Gasteiger partial charge in [0, 0.05) is 24.3 Å². The van der Waals surface area contributed by atoms with E-state index in [2.05, 4.69) is 0 Å². The van der Waals surface area contributed by atoms with Crippen LogP contribution in [-0.2, 0) is 0 Å². The standard InChI is InChI=1S/C18H12N2O4/c21-19(22)15-8-6-14(7-9-15)18-12-16(20(23)24)10-11-17(18)13-4-2-1-3-5-13/h1-12H. The summed E-state index contributed by atoms with van der Waals surface area (Å²) in [4.78, 5) is 21.0. The van der Waals surface area contributed by atoms with E-state index in [1.54, 1.807) is 18.2 Å². The zero-order valence-electron chi connectivity index (χ0n) is 12.5. The smallest absolute Gasteiger partial charge is 0.258 e. The minimum Gasteiger partial charge on any atom is -0.258 e. The predicted octanol–water partition coefficient (Wildman–Crippen LogP) is 4.84. The molecule has 0 fully saturated rings. The number of hydrogen-bond donors (Lipinski definition) is 0. The van der Waals surface area contributed by atoms with Crippen molar-refractivity contribution >= 4 is 11.4 Å². The molecule has 0 amide bonds. The van der Waals surface area contributed by atoms with Crippen LogP contribution < -0.4 is 0 Å². The van der Waals surface area contributed by atoms with E-state index in [-0.39, 0.29) is 11.4 Å². The lowest BCUT2D eigenvalue weighted by Gasteiger charge is -2.10. The first kappa shape index (κ1) is 15.4. The lowest BCUT2D eigenvalue weighted by Crippen LogP contribution is -1.92. The van der Waals surface area contributed by atoms with Crippen LogP contribution in [0.5, 0.6) is 0 Å². The van der Waals surface area contributed by atoms with Gasteiger partial charge in [-0.15, -0.1) is 0 Å².